The van der Waals surface area contributed by atoms with E-state index in [1.807, 2.05) is 39.8 Å². The van der Waals surface area contributed by atoms with Crippen LogP contribution in [0.4, 0.5) is 8.78 Å². The summed E-state index contributed by atoms with van der Waals surface area (Å²) in [5.74, 6) is 1.45. The van der Waals surface area contributed by atoms with Crippen LogP contribution in [-0.4, -0.2) is 25.5 Å². The van der Waals surface area contributed by atoms with Crippen molar-refractivity contribution in [2.24, 2.45) is 5.16 Å². The van der Waals surface area contributed by atoms with Crippen LogP contribution in [0.15, 0.2) is 29.4 Å². The van der Waals surface area contributed by atoms with Crippen LogP contribution < -0.4 is 9.47 Å². The van der Waals surface area contributed by atoms with Gasteiger partial charge in [0, 0.05) is 6.08 Å². The van der Waals surface area contributed by atoms with E-state index in [0.717, 1.165) is 60.8 Å². The highest BCUT2D eigenvalue weighted by Crippen LogP contribution is 2.30. The first kappa shape index (κ1) is 22.9. The lowest BCUT2D eigenvalue weighted by atomic mass is 10.1. The van der Waals surface area contributed by atoms with Crippen molar-refractivity contribution in [1.29, 1.82) is 0 Å². The zero-order chi connectivity index (χ0) is 20.1. The van der Waals surface area contributed by atoms with Gasteiger partial charge in [-0.3, -0.25) is 0 Å². The fourth-order valence-corrected chi connectivity index (χ4v) is 2.54. The number of hydrogen-bond donors (Lipinski definition) is 0. The molecular weight excluding hydrogens is 352 g/mol. The van der Waals surface area contributed by atoms with E-state index >= 15 is 0 Å². The summed E-state index contributed by atoms with van der Waals surface area (Å²) in [5.41, 5.74) is 2.90. The Morgan fingerprint density at radius 3 is 2.37 bits per heavy atom. The van der Waals surface area contributed by atoms with E-state index < -0.39 is 6.08 Å². The molecule has 0 saturated carbocycles. The van der Waals surface area contributed by atoms with E-state index in [2.05, 4.69) is 5.16 Å². The predicted octanol–water partition coefficient (Wildman–Crippen LogP) is 6.07. The summed E-state index contributed by atoms with van der Waals surface area (Å²) in [6.07, 6.45) is 3.91. The number of rotatable bonds is 13. The zero-order valence-corrected chi connectivity index (χ0v) is 16.8. The van der Waals surface area contributed by atoms with Gasteiger partial charge in [0.05, 0.1) is 12.3 Å². The molecule has 27 heavy (non-hydrogen) atoms. The van der Waals surface area contributed by atoms with Crippen LogP contribution in [0.25, 0.3) is 0 Å². The Kier molecular flexibility index (Phi) is 11.1. The highest BCUT2D eigenvalue weighted by atomic mass is 19.3. The van der Waals surface area contributed by atoms with Gasteiger partial charge in [-0.05, 0) is 76.1 Å². The molecule has 0 atom stereocenters. The fraction of sp³-hybridized carbons (Fsp3) is 0.571. The molecule has 0 heterocycles. The maximum absolute atomic E-state index is 12.1. The predicted molar refractivity (Wildman–Crippen MR) is 105 cm³/mol. The molecule has 6 heteroatoms. The molecule has 0 aliphatic rings. The zero-order valence-electron chi connectivity index (χ0n) is 16.8. The largest absolute Gasteiger partial charge is 0.493 e. The molecule has 152 valence electrons. The number of halogens is 2. The minimum Gasteiger partial charge on any atom is -0.493 e. The van der Waals surface area contributed by atoms with E-state index in [1.165, 1.54) is 0 Å². The molecular formula is C21H31F2NO3. The number of unbranched alkanes of at least 4 members (excludes halogenated alkanes) is 3. The number of aryl methyl sites for hydroxylation is 2. The Morgan fingerprint density at radius 2 is 1.74 bits per heavy atom. The van der Waals surface area contributed by atoms with Crippen LogP contribution >= 0.6 is 0 Å². The van der Waals surface area contributed by atoms with Crippen molar-refractivity contribution in [2.45, 2.75) is 59.8 Å². The van der Waals surface area contributed by atoms with Gasteiger partial charge in [0.1, 0.15) is 24.7 Å². The molecule has 0 aromatic heterocycles. The Morgan fingerprint density at radius 1 is 1.04 bits per heavy atom. The molecule has 1 aromatic carbocycles. The van der Waals surface area contributed by atoms with E-state index in [0.29, 0.717) is 19.0 Å². The maximum atomic E-state index is 12.1. The van der Waals surface area contributed by atoms with Gasteiger partial charge in [-0.25, -0.2) is 0 Å². The van der Waals surface area contributed by atoms with E-state index in [-0.39, 0.29) is 6.61 Å². The van der Waals surface area contributed by atoms with Gasteiger partial charge in [0.15, 0.2) is 0 Å². The second-order valence-electron chi connectivity index (χ2n) is 6.52. The SMILES string of the molecule is CCc1cc(OCC=C(F)F)cc(C)c1OCCCCCCON=C(C)C. The van der Waals surface area contributed by atoms with Crippen LogP contribution in [0.1, 0.15) is 57.6 Å². The van der Waals surface area contributed by atoms with Gasteiger partial charge in [-0.1, -0.05) is 12.1 Å². The first-order valence-electron chi connectivity index (χ1n) is 9.47. The molecule has 0 amide bonds. The third-order valence-electron chi connectivity index (χ3n) is 3.82. The van der Waals surface area contributed by atoms with Crippen molar-refractivity contribution in [3.63, 3.8) is 0 Å². The van der Waals surface area contributed by atoms with Gasteiger partial charge >= 0.3 is 0 Å². The molecule has 4 nitrogen and oxygen atoms in total. The van der Waals surface area contributed by atoms with Crippen LogP contribution in [0.3, 0.4) is 0 Å². The highest BCUT2D eigenvalue weighted by Gasteiger charge is 2.09. The van der Waals surface area contributed by atoms with Gasteiger partial charge in [-0.2, -0.15) is 8.78 Å². The topological polar surface area (TPSA) is 40.0 Å². The highest BCUT2D eigenvalue weighted by molar-refractivity contribution is 5.78. The van der Waals surface area contributed by atoms with Gasteiger partial charge in [0.25, 0.3) is 6.08 Å². The van der Waals surface area contributed by atoms with E-state index in [1.54, 1.807) is 0 Å². The molecule has 0 aliphatic carbocycles. The summed E-state index contributed by atoms with van der Waals surface area (Å²) in [7, 11) is 0. The summed E-state index contributed by atoms with van der Waals surface area (Å²) >= 11 is 0. The van der Waals surface area contributed by atoms with E-state index in [4.69, 9.17) is 14.3 Å². The molecule has 1 aromatic rings. The van der Waals surface area contributed by atoms with Crippen LogP contribution in [0.2, 0.25) is 0 Å². The van der Waals surface area contributed by atoms with Crippen molar-refractivity contribution >= 4 is 5.71 Å². The Labute approximate surface area is 161 Å². The second-order valence-corrected chi connectivity index (χ2v) is 6.52. The van der Waals surface area contributed by atoms with Crippen molar-refractivity contribution in [1.82, 2.24) is 0 Å². The standard InChI is InChI=1S/C21H31F2NO3/c1-5-18-15-19(25-13-10-20(22)23)14-17(4)21(18)26-11-8-6-7-9-12-27-24-16(2)3/h10,14-15H,5-9,11-13H2,1-4H3. The summed E-state index contributed by atoms with van der Waals surface area (Å²) in [5, 5.41) is 3.90. The normalized spacial score (nSPS) is 10.3. The number of hydrogen-bond acceptors (Lipinski definition) is 4. The molecule has 0 unspecified atom stereocenters. The molecule has 0 fully saturated rings. The van der Waals surface area contributed by atoms with Crippen molar-refractivity contribution in [3.8, 4) is 11.5 Å². The van der Waals surface area contributed by atoms with Crippen molar-refractivity contribution < 1.29 is 23.1 Å². The van der Waals surface area contributed by atoms with Gasteiger partial charge < -0.3 is 14.3 Å². The van der Waals surface area contributed by atoms with Crippen LogP contribution in [0, 0.1) is 6.92 Å². The van der Waals surface area contributed by atoms with Crippen molar-refractivity contribution in [3.05, 3.63) is 35.4 Å². The van der Waals surface area contributed by atoms with Crippen LogP contribution in [0.5, 0.6) is 11.5 Å². The quantitative estimate of drug-likeness (QED) is 0.236. The molecule has 0 spiro atoms. The maximum Gasteiger partial charge on any atom is 0.269 e. The lowest BCUT2D eigenvalue weighted by Crippen LogP contribution is -2.03. The smallest absolute Gasteiger partial charge is 0.269 e. The number of oxime groups is 1. The Hall–Kier alpha value is -2.11. The summed E-state index contributed by atoms with van der Waals surface area (Å²) in [6.45, 7) is 8.95. The first-order chi connectivity index (χ1) is 12.9. The van der Waals surface area contributed by atoms with Gasteiger partial charge in [-0.15, -0.1) is 0 Å². The first-order valence-corrected chi connectivity index (χ1v) is 9.47. The van der Waals surface area contributed by atoms with Crippen molar-refractivity contribution in [2.75, 3.05) is 19.8 Å². The van der Waals surface area contributed by atoms with Crippen LogP contribution in [-0.2, 0) is 11.3 Å². The molecule has 1 rings (SSSR count). The monoisotopic (exact) mass is 383 g/mol. The fourth-order valence-electron chi connectivity index (χ4n) is 2.54. The third kappa shape index (κ3) is 9.97. The average molecular weight is 383 g/mol. The summed E-state index contributed by atoms with van der Waals surface area (Å²) in [6, 6.07) is 3.69. The molecule has 0 radical (unpaired) electrons. The molecule has 0 saturated heterocycles. The minimum atomic E-state index is -1.73. The number of ether oxygens (including phenoxy) is 2. The molecule has 0 N–H and O–H groups in total. The summed E-state index contributed by atoms with van der Waals surface area (Å²) in [4.78, 5) is 5.17. The Balaban J connectivity index is 2.39. The minimum absolute atomic E-state index is 0.141. The Bertz CT molecular complexity index is 622. The second kappa shape index (κ2) is 13.1. The lowest BCUT2D eigenvalue weighted by molar-refractivity contribution is 0.139. The molecule has 0 aliphatic heterocycles. The number of benzene rings is 1. The average Bonchev–Trinajstić information content (AvgIpc) is 2.60. The van der Waals surface area contributed by atoms with E-state index in [9.17, 15) is 8.78 Å². The number of nitrogens with zero attached hydrogens (tertiary/aromatic N) is 1. The third-order valence-corrected chi connectivity index (χ3v) is 3.82. The lowest BCUT2D eigenvalue weighted by Gasteiger charge is -2.15. The molecule has 0 bridgehead atoms. The van der Waals surface area contributed by atoms with Gasteiger partial charge in [0.2, 0.25) is 0 Å². The summed E-state index contributed by atoms with van der Waals surface area (Å²) < 4.78 is 35.5.